The number of rotatable bonds is 3. The number of hydrogen-bond acceptors (Lipinski definition) is 0. The van der Waals surface area contributed by atoms with Crippen LogP contribution in [-0.2, 0) is 0 Å². The lowest BCUT2D eigenvalue weighted by atomic mass is 9.91. The van der Waals surface area contributed by atoms with Crippen molar-refractivity contribution < 1.29 is 0 Å². The molecule has 11 heavy (non-hydrogen) atoms. The van der Waals surface area contributed by atoms with E-state index in [0.29, 0.717) is 0 Å². The van der Waals surface area contributed by atoms with Crippen LogP contribution >= 0.6 is 0 Å². The highest BCUT2D eigenvalue weighted by atomic mass is 14.2. The molecule has 0 saturated carbocycles. The second-order valence-electron chi connectivity index (χ2n) is 4.18. The molecule has 1 rings (SSSR count). The average Bonchev–Trinajstić information content (AvgIpc) is 2.39. The molecule has 64 valence electrons. The third-order valence-electron chi connectivity index (χ3n) is 2.86. The van der Waals surface area contributed by atoms with Crippen LogP contribution in [0.3, 0.4) is 0 Å². The zero-order chi connectivity index (χ0) is 8.27. The molecule has 1 unspecified atom stereocenters. The summed E-state index contributed by atoms with van der Waals surface area (Å²) < 4.78 is 0. The van der Waals surface area contributed by atoms with Crippen molar-refractivity contribution >= 4 is 0 Å². The number of allylic oxidation sites excluding steroid dienone is 2. The first kappa shape index (κ1) is 8.83. The summed E-state index contributed by atoms with van der Waals surface area (Å²) in [5.74, 6) is 1.72. The molecule has 0 spiro atoms. The molecule has 0 aromatic heterocycles. The molecule has 0 heteroatoms. The Labute approximate surface area is 70.7 Å². The van der Waals surface area contributed by atoms with Crippen molar-refractivity contribution in [3.63, 3.8) is 0 Å². The van der Waals surface area contributed by atoms with Crippen molar-refractivity contribution in [1.29, 1.82) is 0 Å². The minimum absolute atomic E-state index is 0.844. The largest absolute Gasteiger partial charge is 0.0853 e. The Bertz CT molecular complexity index is 142. The third kappa shape index (κ3) is 2.69. The minimum atomic E-state index is 0.844. The topological polar surface area (TPSA) is 0 Å². The Balaban J connectivity index is 2.29. The van der Waals surface area contributed by atoms with Gasteiger partial charge in [0.25, 0.3) is 0 Å². The summed E-state index contributed by atoms with van der Waals surface area (Å²) in [5.41, 5.74) is 1.71. The minimum Gasteiger partial charge on any atom is -0.0853 e. The van der Waals surface area contributed by atoms with Gasteiger partial charge >= 0.3 is 0 Å². The fourth-order valence-corrected chi connectivity index (χ4v) is 1.57. The van der Waals surface area contributed by atoms with Gasteiger partial charge in [-0.15, -0.1) is 0 Å². The van der Waals surface area contributed by atoms with Gasteiger partial charge in [0, 0.05) is 0 Å². The molecule has 1 atom stereocenters. The first-order valence-electron chi connectivity index (χ1n) is 4.88. The van der Waals surface area contributed by atoms with Gasteiger partial charge in [0.15, 0.2) is 0 Å². The molecule has 0 aliphatic heterocycles. The molecule has 1 aliphatic rings. The van der Waals surface area contributed by atoms with E-state index < -0.39 is 0 Å². The predicted molar refractivity (Wildman–Crippen MR) is 50.6 cm³/mol. The van der Waals surface area contributed by atoms with Crippen molar-refractivity contribution in [2.75, 3.05) is 0 Å². The van der Waals surface area contributed by atoms with Gasteiger partial charge in [-0.2, -0.15) is 0 Å². The first-order chi connectivity index (χ1) is 5.20. The van der Waals surface area contributed by atoms with Crippen molar-refractivity contribution in [3.05, 3.63) is 11.6 Å². The molecule has 0 N–H and O–H groups in total. The van der Waals surface area contributed by atoms with Gasteiger partial charge in [-0.1, -0.05) is 32.4 Å². The van der Waals surface area contributed by atoms with Gasteiger partial charge in [-0.25, -0.2) is 0 Å². The lowest BCUT2D eigenvalue weighted by Crippen LogP contribution is -2.04. The number of hydrogen-bond donors (Lipinski definition) is 0. The predicted octanol–water partition coefficient (Wildman–Crippen LogP) is 3.78. The molecule has 0 heterocycles. The average molecular weight is 152 g/mol. The molecule has 0 nitrogen and oxygen atoms in total. The maximum absolute atomic E-state index is 2.44. The smallest absolute Gasteiger partial charge is 0.0292 e. The molecule has 0 saturated heterocycles. The summed E-state index contributed by atoms with van der Waals surface area (Å²) in [6, 6.07) is 0. The fourth-order valence-electron chi connectivity index (χ4n) is 1.57. The van der Waals surface area contributed by atoms with E-state index in [0.717, 1.165) is 11.8 Å². The molecular weight excluding hydrogens is 132 g/mol. The molecule has 1 aliphatic carbocycles. The van der Waals surface area contributed by atoms with E-state index >= 15 is 0 Å². The van der Waals surface area contributed by atoms with E-state index in [1.54, 1.807) is 5.57 Å². The fraction of sp³-hybridized carbons (Fsp3) is 0.818. The van der Waals surface area contributed by atoms with Crippen LogP contribution < -0.4 is 0 Å². The lowest BCUT2D eigenvalue weighted by Gasteiger charge is -2.15. The second kappa shape index (κ2) is 3.94. The molecule has 0 aromatic carbocycles. The van der Waals surface area contributed by atoms with Gasteiger partial charge in [-0.05, 0) is 37.5 Å². The Morgan fingerprint density at radius 2 is 2.09 bits per heavy atom. The van der Waals surface area contributed by atoms with E-state index in [2.05, 4.69) is 26.8 Å². The summed E-state index contributed by atoms with van der Waals surface area (Å²) in [5, 5.41) is 0. The summed E-state index contributed by atoms with van der Waals surface area (Å²) in [6.45, 7) is 7.00. The highest BCUT2D eigenvalue weighted by Gasteiger charge is 2.11. The summed E-state index contributed by atoms with van der Waals surface area (Å²) in [7, 11) is 0. The van der Waals surface area contributed by atoms with Crippen molar-refractivity contribution in [2.45, 2.75) is 46.5 Å². The van der Waals surface area contributed by atoms with Gasteiger partial charge in [0.2, 0.25) is 0 Å². The lowest BCUT2D eigenvalue weighted by molar-refractivity contribution is 0.413. The van der Waals surface area contributed by atoms with E-state index in [-0.39, 0.29) is 0 Å². The molecule has 0 fully saturated rings. The van der Waals surface area contributed by atoms with Crippen LogP contribution in [0.25, 0.3) is 0 Å². The third-order valence-corrected chi connectivity index (χ3v) is 2.86. The summed E-state index contributed by atoms with van der Waals surface area (Å²) >= 11 is 0. The maximum atomic E-state index is 2.44. The zero-order valence-electron chi connectivity index (χ0n) is 8.06. The van der Waals surface area contributed by atoms with Crippen molar-refractivity contribution in [3.8, 4) is 0 Å². The van der Waals surface area contributed by atoms with Crippen LogP contribution in [-0.4, -0.2) is 0 Å². The van der Waals surface area contributed by atoms with Crippen LogP contribution in [0.2, 0.25) is 0 Å². The maximum Gasteiger partial charge on any atom is -0.0292 e. The van der Waals surface area contributed by atoms with Gasteiger partial charge < -0.3 is 0 Å². The first-order valence-corrected chi connectivity index (χ1v) is 4.88. The normalized spacial score (nSPS) is 20.5. The highest BCUT2D eigenvalue weighted by Crippen LogP contribution is 2.27. The Hall–Kier alpha value is -0.260. The van der Waals surface area contributed by atoms with Crippen LogP contribution in [0.5, 0.6) is 0 Å². The van der Waals surface area contributed by atoms with Crippen molar-refractivity contribution in [1.82, 2.24) is 0 Å². The summed E-state index contributed by atoms with van der Waals surface area (Å²) in [4.78, 5) is 0. The molecule has 0 amide bonds. The van der Waals surface area contributed by atoms with Crippen LogP contribution in [0.4, 0.5) is 0 Å². The highest BCUT2D eigenvalue weighted by molar-refractivity contribution is 5.07. The van der Waals surface area contributed by atoms with Crippen molar-refractivity contribution in [2.24, 2.45) is 11.8 Å². The second-order valence-corrected chi connectivity index (χ2v) is 4.18. The van der Waals surface area contributed by atoms with Gasteiger partial charge in [-0.3, -0.25) is 0 Å². The van der Waals surface area contributed by atoms with Gasteiger partial charge in [0.1, 0.15) is 0 Å². The molecule has 0 aromatic rings. The van der Waals surface area contributed by atoms with E-state index in [9.17, 15) is 0 Å². The summed E-state index contributed by atoms with van der Waals surface area (Å²) in [6.07, 6.45) is 7.90. The van der Waals surface area contributed by atoms with Crippen LogP contribution in [0, 0.1) is 11.8 Å². The van der Waals surface area contributed by atoms with E-state index in [4.69, 9.17) is 0 Å². The van der Waals surface area contributed by atoms with E-state index in [1.807, 2.05) is 0 Å². The zero-order valence-corrected chi connectivity index (χ0v) is 8.06. The SMILES string of the molecule is CC(C)C(C)CC1=CCCC1. The molecule has 0 radical (unpaired) electrons. The Morgan fingerprint density at radius 3 is 2.55 bits per heavy atom. The molecule has 0 bridgehead atoms. The van der Waals surface area contributed by atoms with Crippen LogP contribution in [0.15, 0.2) is 11.6 Å². The Morgan fingerprint density at radius 1 is 1.36 bits per heavy atom. The Kier molecular flexibility index (Phi) is 3.16. The molecular formula is C11H20. The van der Waals surface area contributed by atoms with Gasteiger partial charge in [0.05, 0.1) is 0 Å². The van der Waals surface area contributed by atoms with E-state index in [1.165, 1.54) is 25.7 Å². The standard InChI is InChI=1S/C11H20/c1-9(2)10(3)8-11-6-4-5-7-11/h6,9-10H,4-5,7-8H2,1-3H3. The monoisotopic (exact) mass is 152 g/mol. The van der Waals surface area contributed by atoms with Crippen LogP contribution in [0.1, 0.15) is 46.5 Å². The quantitative estimate of drug-likeness (QED) is 0.540.